The highest BCUT2D eigenvalue weighted by Crippen LogP contribution is 2.47. The maximum absolute atomic E-state index is 12.3. The topological polar surface area (TPSA) is 185 Å². The van der Waals surface area contributed by atoms with Gasteiger partial charge >= 0.3 is 0 Å². The number of ether oxygens (including phenoxy) is 6. The van der Waals surface area contributed by atoms with E-state index in [2.05, 4.69) is 197 Å². The maximum Gasteiger partial charge on any atom is 0.269 e. The van der Waals surface area contributed by atoms with Crippen molar-refractivity contribution in [2.75, 3.05) is 21.3 Å². The van der Waals surface area contributed by atoms with Crippen molar-refractivity contribution in [3.05, 3.63) is 293 Å². The summed E-state index contributed by atoms with van der Waals surface area (Å²) in [6.07, 6.45) is 2.12. The second-order valence-electron chi connectivity index (χ2n) is 34.6. The zero-order valence-electron chi connectivity index (χ0n) is 65.5. The zero-order valence-corrected chi connectivity index (χ0v) is 65.5. The molecule has 0 atom stereocenters. The molecular formula is C90H105N3O12. The van der Waals surface area contributed by atoms with Crippen molar-refractivity contribution in [3.63, 3.8) is 0 Å². The van der Waals surface area contributed by atoms with Gasteiger partial charge in [-0.2, -0.15) is 0 Å². The Balaban J connectivity index is 1.35. The number of rotatable bonds is 15. The van der Waals surface area contributed by atoms with Crippen molar-refractivity contribution in [2.24, 2.45) is 0 Å². The summed E-state index contributed by atoms with van der Waals surface area (Å²) in [6.45, 7) is 39.9. The largest absolute Gasteiger partial charge is 0.496 e. The number of benzene rings is 9. The van der Waals surface area contributed by atoms with Crippen LogP contribution in [0.3, 0.4) is 0 Å². The molecule has 0 aromatic heterocycles. The van der Waals surface area contributed by atoms with Gasteiger partial charge in [0.15, 0.2) is 0 Å². The molecule has 15 nitrogen and oxygen atoms in total. The molecule has 0 spiro atoms. The van der Waals surface area contributed by atoms with Crippen LogP contribution in [-0.2, 0) is 90.8 Å². The van der Waals surface area contributed by atoms with E-state index >= 15 is 0 Å². The van der Waals surface area contributed by atoms with Crippen molar-refractivity contribution < 1.29 is 43.2 Å². The number of nitrogens with zero attached hydrogens (tertiary/aromatic N) is 3. The minimum atomic E-state index is -0.387. The number of hydrogen-bond acceptors (Lipinski definition) is 12. The minimum absolute atomic E-state index is 0.0233. The van der Waals surface area contributed by atoms with Gasteiger partial charge in [0.25, 0.3) is 17.1 Å². The molecule has 1 aliphatic carbocycles. The lowest BCUT2D eigenvalue weighted by atomic mass is 9.79. The molecule has 0 amide bonds. The van der Waals surface area contributed by atoms with Gasteiger partial charge in [0, 0.05) is 74.9 Å². The number of fused-ring (bicyclic) bond motifs is 12. The summed E-state index contributed by atoms with van der Waals surface area (Å²) in [5, 5.41) is 37.0. The number of nitro benzene ring substituents is 3. The van der Waals surface area contributed by atoms with Crippen molar-refractivity contribution >= 4 is 17.1 Å². The molecule has 0 unspecified atom stereocenters. The summed E-state index contributed by atoms with van der Waals surface area (Å²) in [6, 6.07) is 46.8. The Hall–Kier alpha value is -10.0. The third-order valence-electron chi connectivity index (χ3n) is 20.1. The van der Waals surface area contributed by atoms with Crippen LogP contribution in [-0.4, -0.2) is 36.1 Å². The Morgan fingerprint density at radius 2 is 0.429 bits per heavy atom. The van der Waals surface area contributed by atoms with Crippen molar-refractivity contribution in [1.82, 2.24) is 0 Å². The molecule has 0 fully saturated rings. The molecule has 552 valence electrons. The molecule has 9 aromatic rings. The molecule has 12 bridgehead atoms. The van der Waals surface area contributed by atoms with Crippen molar-refractivity contribution in [2.45, 2.75) is 215 Å². The van der Waals surface area contributed by atoms with Crippen LogP contribution in [0.25, 0.3) is 0 Å². The fraction of sp³-hybridized carbons (Fsp3) is 0.400. The van der Waals surface area contributed by atoms with E-state index in [1.807, 2.05) is 18.2 Å². The van der Waals surface area contributed by atoms with Crippen LogP contribution in [0.2, 0.25) is 0 Å². The Morgan fingerprint density at radius 3 is 0.571 bits per heavy atom. The Labute approximate surface area is 621 Å². The molecule has 10 rings (SSSR count). The minimum Gasteiger partial charge on any atom is -0.496 e. The van der Waals surface area contributed by atoms with Gasteiger partial charge in [-0.3, -0.25) is 30.3 Å². The van der Waals surface area contributed by atoms with E-state index in [-0.39, 0.29) is 84.1 Å². The van der Waals surface area contributed by atoms with Crippen LogP contribution in [0.1, 0.15) is 241 Å². The summed E-state index contributed by atoms with van der Waals surface area (Å²) in [7, 11) is 5.18. The standard InChI is InChI=1S/C90H105N3O12/c1-85(2,3)70-40-58-34-64-46-73(88(10,11)12)48-66(82(64)103-52-55-25-22-28-76(31-55)91(94)95)36-60-42-71(86(4,5)6)44-62(80(60)101-20)38-68-50-75(90(16,17)18)51-69(84(68)105-54-57-27-24-30-78(33-57)93(98)99)39-63-45-72(87(7,8)9)43-61(81(63)102-21)37-67-49-74(89(13,14)15)47-65(35-59(41-70)79(58)100-19)83(67)104-53-56-26-23-29-77(32-56)92(96)97/h22-33,40-51H,34-39,52-54H2,1-21H3. The van der Waals surface area contributed by atoms with Gasteiger partial charge < -0.3 is 28.4 Å². The number of methoxy groups -OCH3 is 3. The zero-order chi connectivity index (χ0) is 76.6. The highest BCUT2D eigenvalue weighted by molar-refractivity contribution is 5.62. The van der Waals surface area contributed by atoms with Gasteiger partial charge in [0.1, 0.15) is 54.3 Å². The van der Waals surface area contributed by atoms with Gasteiger partial charge in [-0.05, 0) is 149 Å². The SMILES string of the molecule is COc1c2cc(C(C)(C)C)cc1Cc1cc(C(C)(C)C)cc(c1OCc1cccc([N+](=O)[O-])c1)Cc1cc(C(C)(C)C)cc(c1OC)Cc1cc(C(C)(C)C)cc(c1OCc1cccc([N+](=O)[O-])c1)Cc1cc(C(C)(C)C)cc(c1OC)Cc1cc(C(C)(C)C)cc(c1OCc1cccc([N+](=O)[O-])c1)C2. The highest BCUT2D eigenvalue weighted by Gasteiger charge is 2.32. The first kappa shape index (κ1) is 77.6. The fourth-order valence-corrected chi connectivity index (χ4v) is 14.0. The van der Waals surface area contributed by atoms with E-state index in [4.69, 9.17) is 28.4 Å². The van der Waals surface area contributed by atoms with Crippen LogP contribution in [0, 0.1) is 30.3 Å². The molecule has 0 heterocycles. The van der Waals surface area contributed by atoms with Crippen molar-refractivity contribution in [3.8, 4) is 34.5 Å². The summed E-state index contributed by atoms with van der Waals surface area (Å²) in [4.78, 5) is 35.9. The van der Waals surface area contributed by atoms with Gasteiger partial charge in [-0.25, -0.2) is 0 Å². The van der Waals surface area contributed by atoms with Crippen molar-refractivity contribution in [1.29, 1.82) is 0 Å². The Kier molecular flexibility index (Phi) is 22.3. The first-order chi connectivity index (χ1) is 49.1. The molecule has 0 saturated heterocycles. The predicted octanol–water partition coefficient (Wildman–Crippen LogP) is 21.8. The lowest BCUT2D eigenvalue weighted by molar-refractivity contribution is -0.385. The second kappa shape index (κ2) is 30.2. The second-order valence-corrected chi connectivity index (χ2v) is 34.6. The maximum atomic E-state index is 12.3. The van der Waals surface area contributed by atoms with Crippen LogP contribution in [0.5, 0.6) is 34.5 Å². The summed E-state index contributed by atoms with van der Waals surface area (Å²) < 4.78 is 42.2. The molecule has 15 heteroatoms. The molecule has 0 saturated carbocycles. The lowest BCUT2D eigenvalue weighted by Crippen LogP contribution is -2.17. The summed E-state index contributed by atoms with van der Waals surface area (Å²) >= 11 is 0. The third-order valence-corrected chi connectivity index (χ3v) is 20.1. The first-order valence-electron chi connectivity index (χ1n) is 36.3. The average Bonchev–Trinajstić information content (AvgIpc) is 0.769. The highest BCUT2D eigenvalue weighted by atomic mass is 16.6. The summed E-state index contributed by atoms with van der Waals surface area (Å²) in [5.74, 6) is 3.96. The van der Waals surface area contributed by atoms with E-state index < -0.39 is 0 Å². The van der Waals surface area contributed by atoms with Gasteiger partial charge in [-0.15, -0.1) is 0 Å². The molecule has 0 aliphatic heterocycles. The normalized spacial score (nSPS) is 13.1. The predicted molar refractivity (Wildman–Crippen MR) is 420 cm³/mol. The molecular weight excluding hydrogens is 1310 g/mol. The van der Waals surface area contributed by atoms with Crippen LogP contribution in [0.4, 0.5) is 17.1 Å². The van der Waals surface area contributed by atoms with E-state index in [1.165, 1.54) is 18.2 Å². The van der Waals surface area contributed by atoms with E-state index in [1.54, 1.807) is 57.7 Å². The first-order valence-corrected chi connectivity index (χ1v) is 36.3. The molecule has 1 aliphatic rings. The Morgan fingerprint density at radius 1 is 0.267 bits per heavy atom. The third kappa shape index (κ3) is 18.2. The number of hydrogen-bond donors (Lipinski definition) is 0. The average molecular weight is 1420 g/mol. The monoisotopic (exact) mass is 1420 g/mol. The number of nitro groups is 3. The quantitative estimate of drug-likeness (QED) is 0.0700. The van der Waals surface area contributed by atoms with Crippen LogP contribution >= 0.6 is 0 Å². The fourth-order valence-electron chi connectivity index (χ4n) is 14.0. The van der Waals surface area contributed by atoms with E-state index in [9.17, 15) is 30.3 Å². The van der Waals surface area contributed by atoms with Crippen LogP contribution < -0.4 is 28.4 Å². The molecule has 9 aromatic carbocycles. The van der Waals surface area contributed by atoms with Gasteiger partial charge in [0.2, 0.25) is 0 Å². The van der Waals surface area contributed by atoms with Crippen LogP contribution in [0.15, 0.2) is 146 Å². The lowest BCUT2D eigenvalue weighted by Gasteiger charge is -2.29. The summed E-state index contributed by atoms with van der Waals surface area (Å²) in [5.41, 5.74) is 16.9. The van der Waals surface area contributed by atoms with E-state index in [0.29, 0.717) is 89.7 Å². The smallest absolute Gasteiger partial charge is 0.269 e. The molecule has 0 radical (unpaired) electrons. The van der Waals surface area contributed by atoms with Gasteiger partial charge in [0.05, 0.1) is 36.1 Å². The van der Waals surface area contributed by atoms with E-state index in [0.717, 1.165) is 100 Å². The molecule has 105 heavy (non-hydrogen) atoms. The Bertz CT molecular complexity index is 4170. The molecule has 0 N–H and O–H groups in total. The number of non-ortho nitro benzene ring substituents is 3. The van der Waals surface area contributed by atoms with Gasteiger partial charge in [-0.1, -0.05) is 234 Å².